The van der Waals surface area contributed by atoms with E-state index in [1.54, 1.807) is 12.3 Å². The van der Waals surface area contributed by atoms with Crippen molar-refractivity contribution in [1.82, 2.24) is 10.3 Å². The summed E-state index contributed by atoms with van der Waals surface area (Å²) in [7, 11) is 0. The number of nitrogens with one attached hydrogen (secondary N) is 1. The lowest BCUT2D eigenvalue weighted by Crippen LogP contribution is -2.44. The molecule has 0 fully saturated rings. The van der Waals surface area contributed by atoms with E-state index >= 15 is 0 Å². The number of nitrogens with zero attached hydrogens (tertiary/aromatic N) is 1. The van der Waals surface area contributed by atoms with Crippen LogP contribution in [0.5, 0.6) is 17.4 Å². The summed E-state index contributed by atoms with van der Waals surface area (Å²) in [4.78, 5) is 16.3. The maximum atomic E-state index is 12.0. The zero-order valence-electron chi connectivity index (χ0n) is 16.0. The van der Waals surface area contributed by atoms with E-state index in [4.69, 9.17) is 15.2 Å². The molecule has 0 aliphatic heterocycles. The van der Waals surface area contributed by atoms with Crippen LogP contribution in [-0.4, -0.2) is 23.5 Å². The highest BCUT2D eigenvalue weighted by atomic mass is 35.5. The lowest BCUT2D eigenvalue weighted by atomic mass is 9.99. The molecule has 2 rings (SSSR count). The van der Waals surface area contributed by atoms with Crippen molar-refractivity contribution in [1.29, 1.82) is 0 Å². The molecule has 27 heavy (non-hydrogen) atoms. The molecule has 2 aromatic rings. The Balaban J connectivity index is 0.00000364. The van der Waals surface area contributed by atoms with Crippen molar-refractivity contribution in [2.45, 2.75) is 39.8 Å². The number of hydrogen-bond acceptors (Lipinski definition) is 5. The van der Waals surface area contributed by atoms with E-state index in [0.29, 0.717) is 30.5 Å². The number of nitrogens with two attached hydrogens (primary N) is 1. The van der Waals surface area contributed by atoms with Crippen LogP contribution in [0.3, 0.4) is 0 Å². The van der Waals surface area contributed by atoms with E-state index in [-0.39, 0.29) is 24.2 Å². The Kier molecular flexibility index (Phi) is 9.61. The number of halogens is 1. The average Bonchev–Trinajstić information content (AvgIpc) is 2.67. The minimum Gasteiger partial charge on any atom is -0.490 e. The molecule has 3 N–H and O–H groups in total. The fraction of sp³-hybridized carbons (Fsp3) is 0.400. The van der Waals surface area contributed by atoms with E-state index in [0.717, 1.165) is 12.0 Å². The summed E-state index contributed by atoms with van der Waals surface area (Å²) in [6, 6.07) is 10.6. The van der Waals surface area contributed by atoms with Crippen LogP contribution in [0, 0.1) is 5.92 Å². The maximum absolute atomic E-state index is 12.0. The molecule has 0 saturated carbocycles. The molecular formula is C20H28ClN3O3. The predicted molar refractivity (Wildman–Crippen MR) is 108 cm³/mol. The Morgan fingerprint density at radius 2 is 1.89 bits per heavy atom. The first kappa shape index (κ1) is 22.7. The van der Waals surface area contributed by atoms with Crippen molar-refractivity contribution in [2.24, 2.45) is 11.7 Å². The van der Waals surface area contributed by atoms with Crippen molar-refractivity contribution in [3.05, 3.63) is 48.2 Å². The van der Waals surface area contributed by atoms with Gasteiger partial charge < -0.3 is 20.5 Å². The zero-order valence-corrected chi connectivity index (χ0v) is 16.8. The molecule has 1 amide bonds. The van der Waals surface area contributed by atoms with Crippen molar-refractivity contribution in [2.75, 3.05) is 6.61 Å². The monoisotopic (exact) mass is 393 g/mol. The van der Waals surface area contributed by atoms with Gasteiger partial charge in [-0.25, -0.2) is 4.98 Å². The Hall–Kier alpha value is -2.31. The Labute approximate surface area is 166 Å². The Morgan fingerprint density at radius 1 is 1.19 bits per heavy atom. The van der Waals surface area contributed by atoms with Crippen LogP contribution < -0.4 is 20.5 Å². The first-order valence-electron chi connectivity index (χ1n) is 8.93. The molecule has 0 aliphatic carbocycles. The molecule has 2 atom stereocenters. The normalized spacial score (nSPS) is 12.4. The van der Waals surface area contributed by atoms with Gasteiger partial charge in [-0.3, -0.25) is 4.79 Å². The molecule has 2 unspecified atom stereocenters. The van der Waals surface area contributed by atoms with E-state index in [1.807, 2.05) is 51.1 Å². The number of para-hydroxylation sites is 2. The van der Waals surface area contributed by atoms with Gasteiger partial charge in [0, 0.05) is 18.8 Å². The molecule has 7 heteroatoms. The highest BCUT2D eigenvalue weighted by Gasteiger charge is 2.18. The molecule has 1 aromatic heterocycles. The number of rotatable bonds is 9. The molecule has 0 spiro atoms. The number of benzene rings is 1. The molecule has 0 radical (unpaired) electrons. The molecule has 0 bridgehead atoms. The van der Waals surface area contributed by atoms with Gasteiger partial charge in [0.1, 0.15) is 0 Å². The Bertz CT molecular complexity index is 710. The van der Waals surface area contributed by atoms with Gasteiger partial charge in [-0.1, -0.05) is 38.5 Å². The zero-order chi connectivity index (χ0) is 18.9. The van der Waals surface area contributed by atoms with Crippen LogP contribution in [-0.2, 0) is 11.3 Å². The third-order valence-corrected chi connectivity index (χ3v) is 4.19. The fourth-order valence-corrected chi connectivity index (χ4v) is 2.32. The number of carbonyl (C=O) groups excluding carboxylic acids is 1. The fourth-order valence-electron chi connectivity index (χ4n) is 2.32. The average molecular weight is 394 g/mol. The van der Waals surface area contributed by atoms with Crippen LogP contribution in [0.4, 0.5) is 0 Å². The van der Waals surface area contributed by atoms with Crippen molar-refractivity contribution in [3.8, 4) is 17.4 Å². The third kappa shape index (κ3) is 6.73. The molecule has 148 valence electrons. The number of aromatic nitrogens is 1. The summed E-state index contributed by atoms with van der Waals surface area (Å²) in [5.74, 6) is 1.75. The second kappa shape index (κ2) is 11.4. The highest BCUT2D eigenvalue weighted by molar-refractivity contribution is 5.85. The van der Waals surface area contributed by atoms with Crippen LogP contribution in [0.2, 0.25) is 0 Å². The lowest BCUT2D eigenvalue weighted by Gasteiger charge is -2.17. The first-order chi connectivity index (χ1) is 12.5. The quantitative estimate of drug-likeness (QED) is 0.678. The summed E-state index contributed by atoms with van der Waals surface area (Å²) >= 11 is 0. The van der Waals surface area contributed by atoms with Gasteiger partial charge in [0.2, 0.25) is 11.8 Å². The van der Waals surface area contributed by atoms with Gasteiger partial charge in [0.05, 0.1) is 12.6 Å². The second-order valence-electron chi connectivity index (χ2n) is 6.12. The van der Waals surface area contributed by atoms with Crippen molar-refractivity contribution in [3.63, 3.8) is 0 Å². The van der Waals surface area contributed by atoms with E-state index in [2.05, 4.69) is 10.3 Å². The van der Waals surface area contributed by atoms with E-state index in [1.165, 1.54) is 0 Å². The van der Waals surface area contributed by atoms with Gasteiger partial charge in [-0.2, -0.15) is 0 Å². The SMILES string of the molecule is CCOc1ccccc1Oc1ccc(CNC(=O)C(N)C(C)CC)cn1.Cl. The maximum Gasteiger partial charge on any atom is 0.237 e. The first-order valence-corrected chi connectivity index (χ1v) is 8.93. The Morgan fingerprint density at radius 3 is 2.48 bits per heavy atom. The largest absolute Gasteiger partial charge is 0.490 e. The summed E-state index contributed by atoms with van der Waals surface area (Å²) in [5.41, 5.74) is 6.80. The van der Waals surface area contributed by atoms with Gasteiger partial charge in [-0.15, -0.1) is 12.4 Å². The van der Waals surface area contributed by atoms with Gasteiger partial charge in [-0.05, 0) is 30.5 Å². The number of ether oxygens (including phenoxy) is 2. The van der Waals surface area contributed by atoms with Gasteiger partial charge in [0.15, 0.2) is 11.5 Å². The molecule has 1 aromatic carbocycles. The summed E-state index contributed by atoms with van der Waals surface area (Å²) in [5, 5.41) is 2.84. The standard InChI is InChI=1S/C20H27N3O3.ClH/c1-4-14(3)19(21)20(24)23-13-15-10-11-18(22-12-15)26-17-9-7-6-8-16(17)25-5-2;/h6-12,14,19H,4-5,13,21H2,1-3H3,(H,23,24);1H. The number of hydrogen-bond donors (Lipinski definition) is 2. The third-order valence-electron chi connectivity index (χ3n) is 4.19. The van der Waals surface area contributed by atoms with Crippen LogP contribution in [0.15, 0.2) is 42.6 Å². The lowest BCUT2D eigenvalue weighted by molar-refractivity contribution is -0.123. The van der Waals surface area contributed by atoms with Gasteiger partial charge in [0.25, 0.3) is 0 Å². The smallest absolute Gasteiger partial charge is 0.237 e. The summed E-state index contributed by atoms with van der Waals surface area (Å²) < 4.78 is 11.3. The summed E-state index contributed by atoms with van der Waals surface area (Å²) in [6.07, 6.45) is 2.54. The van der Waals surface area contributed by atoms with E-state index in [9.17, 15) is 4.79 Å². The molecule has 0 aliphatic rings. The van der Waals surface area contributed by atoms with Crippen molar-refractivity contribution >= 4 is 18.3 Å². The van der Waals surface area contributed by atoms with Crippen molar-refractivity contribution < 1.29 is 14.3 Å². The minimum atomic E-state index is -0.495. The van der Waals surface area contributed by atoms with Gasteiger partial charge >= 0.3 is 0 Å². The minimum absolute atomic E-state index is 0. The number of pyridine rings is 1. The van der Waals surface area contributed by atoms with Crippen LogP contribution >= 0.6 is 12.4 Å². The molecular weight excluding hydrogens is 366 g/mol. The predicted octanol–water partition coefficient (Wildman–Crippen LogP) is 3.68. The topological polar surface area (TPSA) is 86.5 Å². The van der Waals surface area contributed by atoms with Crippen LogP contribution in [0.1, 0.15) is 32.8 Å². The van der Waals surface area contributed by atoms with E-state index < -0.39 is 6.04 Å². The molecule has 6 nitrogen and oxygen atoms in total. The number of amides is 1. The number of carbonyl (C=O) groups is 1. The van der Waals surface area contributed by atoms with Crippen LogP contribution in [0.25, 0.3) is 0 Å². The second-order valence-corrected chi connectivity index (χ2v) is 6.12. The highest BCUT2D eigenvalue weighted by Crippen LogP contribution is 2.30. The molecule has 0 saturated heterocycles. The molecule has 1 heterocycles. The summed E-state index contributed by atoms with van der Waals surface area (Å²) in [6.45, 7) is 6.85.